The molecule has 1 fully saturated rings. The first-order valence-electron chi connectivity index (χ1n) is 4.56. The minimum Gasteiger partial charge on any atom is -0.330 e. The Hall–Kier alpha value is 0.750. The van der Waals surface area contributed by atoms with Gasteiger partial charge in [0.25, 0.3) is 0 Å². The molecule has 0 spiro atoms. The van der Waals surface area contributed by atoms with Crippen molar-refractivity contribution in [3.63, 3.8) is 0 Å². The summed E-state index contributed by atoms with van der Waals surface area (Å²) < 4.78 is 0. The molecule has 0 aromatic heterocycles. The molecule has 3 nitrogen and oxygen atoms in total. The van der Waals surface area contributed by atoms with Gasteiger partial charge in [0.1, 0.15) is 0 Å². The van der Waals surface area contributed by atoms with Crippen LogP contribution in [0.25, 0.3) is 0 Å². The molecule has 0 bridgehead atoms. The molecule has 14 heavy (non-hydrogen) atoms. The third kappa shape index (κ3) is 9.31. The average molecular weight is 267 g/mol. The van der Waals surface area contributed by atoms with Crippen LogP contribution in [0.3, 0.4) is 0 Å². The summed E-state index contributed by atoms with van der Waals surface area (Å²) in [4.78, 5) is 2.51. The fourth-order valence-corrected chi connectivity index (χ4v) is 1.41. The molecule has 1 aliphatic heterocycles. The zero-order valence-electron chi connectivity index (χ0n) is 8.41. The van der Waals surface area contributed by atoms with Crippen molar-refractivity contribution in [2.24, 2.45) is 5.73 Å². The molecule has 1 rings (SSSR count). The number of piperazine rings is 1. The molecule has 90 valence electrons. The van der Waals surface area contributed by atoms with E-state index in [0.29, 0.717) is 0 Å². The highest BCUT2D eigenvalue weighted by molar-refractivity contribution is 5.86. The summed E-state index contributed by atoms with van der Waals surface area (Å²) in [6.45, 7) is 6.81. The molecule has 0 atom stereocenters. The van der Waals surface area contributed by atoms with Gasteiger partial charge in [0.05, 0.1) is 0 Å². The van der Waals surface area contributed by atoms with E-state index < -0.39 is 0 Å². The van der Waals surface area contributed by atoms with Crippen LogP contribution in [0.2, 0.25) is 0 Å². The summed E-state index contributed by atoms with van der Waals surface area (Å²) in [7, 11) is 0. The molecule has 1 heterocycles. The van der Waals surface area contributed by atoms with E-state index in [1.807, 2.05) is 0 Å². The average Bonchev–Trinajstić information content (AvgIpc) is 2.07. The predicted molar refractivity (Wildman–Crippen MR) is 69.3 cm³/mol. The molecular formula is C8H22Cl3N3. The molecule has 0 radical (unpaired) electrons. The lowest BCUT2D eigenvalue weighted by molar-refractivity contribution is 0.237. The highest BCUT2D eigenvalue weighted by Gasteiger charge is 2.07. The Balaban J connectivity index is -0.000000403. The normalized spacial score (nSPS) is 16.1. The predicted octanol–water partition coefficient (Wildman–Crippen LogP) is 0.896. The number of nitrogens with two attached hydrogens (primary N) is 1. The number of unbranched alkanes of at least 4 members (excludes halogenated alkanes) is 1. The van der Waals surface area contributed by atoms with E-state index in [9.17, 15) is 0 Å². The van der Waals surface area contributed by atoms with Crippen LogP contribution in [-0.4, -0.2) is 44.2 Å². The van der Waals surface area contributed by atoms with E-state index in [4.69, 9.17) is 5.73 Å². The van der Waals surface area contributed by atoms with Crippen LogP contribution in [-0.2, 0) is 0 Å². The zero-order chi connectivity index (χ0) is 7.94. The number of hydrogen-bond donors (Lipinski definition) is 2. The zero-order valence-corrected chi connectivity index (χ0v) is 10.9. The molecule has 0 amide bonds. The van der Waals surface area contributed by atoms with Gasteiger partial charge in [-0.2, -0.15) is 0 Å². The van der Waals surface area contributed by atoms with Gasteiger partial charge in [-0.3, -0.25) is 0 Å². The lowest BCUT2D eigenvalue weighted by atomic mass is 10.2. The van der Waals surface area contributed by atoms with Crippen molar-refractivity contribution in [3.8, 4) is 0 Å². The van der Waals surface area contributed by atoms with Gasteiger partial charge in [-0.15, -0.1) is 37.2 Å². The molecule has 0 unspecified atom stereocenters. The highest BCUT2D eigenvalue weighted by Crippen LogP contribution is 1.95. The second-order valence-electron chi connectivity index (χ2n) is 3.09. The van der Waals surface area contributed by atoms with Crippen molar-refractivity contribution in [1.82, 2.24) is 10.2 Å². The standard InChI is InChI=1S/C8H19N3.3ClH/c9-3-1-2-6-11-7-4-10-5-8-11;;;/h10H,1-9H2;3*1H. The second kappa shape index (κ2) is 13.8. The van der Waals surface area contributed by atoms with Gasteiger partial charge in [0.15, 0.2) is 0 Å². The summed E-state index contributed by atoms with van der Waals surface area (Å²) in [5.41, 5.74) is 5.41. The molecule has 1 aliphatic rings. The third-order valence-corrected chi connectivity index (χ3v) is 2.14. The third-order valence-electron chi connectivity index (χ3n) is 2.14. The summed E-state index contributed by atoms with van der Waals surface area (Å²) in [6, 6.07) is 0. The Morgan fingerprint density at radius 2 is 1.57 bits per heavy atom. The van der Waals surface area contributed by atoms with Crippen molar-refractivity contribution in [1.29, 1.82) is 0 Å². The molecular weight excluding hydrogens is 244 g/mol. The Morgan fingerprint density at radius 1 is 1.00 bits per heavy atom. The van der Waals surface area contributed by atoms with Crippen molar-refractivity contribution in [3.05, 3.63) is 0 Å². The Labute approximate surface area is 105 Å². The number of nitrogens with one attached hydrogen (secondary N) is 1. The molecule has 0 saturated carbocycles. The van der Waals surface area contributed by atoms with Crippen LogP contribution in [0.15, 0.2) is 0 Å². The van der Waals surface area contributed by atoms with Crippen molar-refractivity contribution >= 4 is 37.2 Å². The first kappa shape index (κ1) is 20.2. The summed E-state index contributed by atoms with van der Waals surface area (Å²) in [5, 5.41) is 3.34. The fraction of sp³-hybridized carbons (Fsp3) is 1.00. The van der Waals surface area contributed by atoms with Crippen molar-refractivity contribution in [2.75, 3.05) is 39.3 Å². The fourth-order valence-electron chi connectivity index (χ4n) is 1.41. The van der Waals surface area contributed by atoms with Gasteiger partial charge in [-0.05, 0) is 25.9 Å². The van der Waals surface area contributed by atoms with Gasteiger partial charge in [-0.1, -0.05) is 0 Å². The summed E-state index contributed by atoms with van der Waals surface area (Å²) in [6.07, 6.45) is 2.43. The van der Waals surface area contributed by atoms with Gasteiger partial charge in [-0.25, -0.2) is 0 Å². The quantitative estimate of drug-likeness (QED) is 0.743. The smallest absolute Gasteiger partial charge is 0.0107 e. The maximum Gasteiger partial charge on any atom is 0.0107 e. The number of hydrogen-bond acceptors (Lipinski definition) is 3. The van der Waals surface area contributed by atoms with E-state index in [0.717, 1.165) is 19.6 Å². The van der Waals surface area contributed by atoms with Crippen LogP contribution >= 0.6 is 37.2 Å². The monoisotopic (exact) mass is 265 g/mol. The van der Waals surface area contributed by atoms with Crippen molar-refractivity contribution < 1.29 is 0 Å². The largest absolute Gasteiger partial charge is 0.330 e. The first-order valence-corrected chi connectivity index (χ1v) is 4.56. The maximum absolute atomic E-state index is 5.41. The van der Waals surface area contributed by atoms with E-state index >= 15 is 0 Å². The number of rotatable bonds is 4. The minimum absolute atomic E-state index is 0. The Morgan fingerprint density at radius 3 is 2.07 bits per heavy atom. The lowest BCUT2D eigenvalue weighted by Gasteiger charge is -2.26. The number of nitrogens with zero attached hydrogens (tertiary/aromatic N) is 1. The maximum atomic E-state index is 5.41. The van der Waals surface area contributed by atoms with Gasteiger partial charge < -0.3 is 16.0 Å². The van der Waals surface area contributed by atoms with Crippen LogP contribution in [0.5, 0.6) is 0 Å². The Kier molecular flexibility index (Phi) is 19.8. The molecule has 0 aromatic rings. The summed E-state index contributed by atoms with van der Waals surface area (Å²) in [5.74, 6) is 0. The molecule has 3 N–H and O–H groups in total. The lowest BCUT2D eigenvalue weighted by Crippen LogP contribution is -2.43. The first-order chi connectivity index (χ1) is 5.43. The van der Waals surface area contributed by atoms with Crippen molar-refractivity contribution in [2.45, 2.75) is 12.8 Å². The van der Waals surface area contributed by atoms with Crippen LogP contribution in [0.4, 0.5) is 0 Å². The van der Waals surface area contributed by atoms with Crippen LogP contribution in [0.1, 0.15) is 12.8 Å². The van der Waals surface area contributed by atoms with Gasteiger partial charge >= 0.3 is 0 Å². The highest BCUT2D eigenvalue weighted by atomic mass is 35.5. The Bertz CT molecular complexity index is 99.8. The minimum atomic E-state index is 0. The summed E-state index contributed by atoms with van der Waals surface area (Å²) >= 11 is 0. The van der Waals surface area contributed by atoms with E-state index in [2.05, 4.69) is 10.2 Å². The second-order valence-corrected chi connectivity index (χ2v) is 3.09. The van der Waals surface area contributed by atoms with E-state index in [-0.39, 0.29) is 37.2 Å². The SMILES string of the molecule is Cl.Cl.Cl.NCCCCN1CCNCC1. The molecule has 0 aromatic carbocycles. The topological polar surface area (TPSA) is 41.3 Å². The molecule has 1 saturated heterocycles. The van der Waals surface area contributed by atoms with E-state index in [1.165, 1.54) is 32.5 Å². The van der Waals surface area contributed by atoms with Gasteiger partial charge in [0.2, 0.25) is 0 Å². The van der Waals surface area contributed by atoms with Crippen LogP contribution in [0, 0.1) is 0 Å². The van der Waals surface area contributed by atoms with E-state index in [1.54, 1.807) is 0 Å². The number of halogens is 3. The van der Waals surface area contributed by atoms with Crippen LogP contribution < -0.4 is 11.1 Å². The molecule has 0 aliphatic carbocycles. The van der Waals surface area contributed by atoms with Gasteiger partial charge in [0, 0.05) is 26.2 Å². The molecule has 6 heteroatoms.